The van der Waals surface area contributed by atoms with Crippen LogP contribution >= 0.6 is 35.0 Å². The van der Waals surface area contributed by atoms with Crippen molar-refractivity contribution >= 4 is 67.5 Å². The Labute approximate surface area is 203 Å². The average Bonchev–Trinajstić information content (AvgIpc) is 3.20. The third-order valence-electron chi connectivity index (χ3n) is 4.75. The molecule has 0 aliphatic rings. The Balaban J connectivity index is 1.79. The Hall–Kier alpha value is -2.79. The summed E-state index contributed by atoms with van der Waals surface area (Å²) in [5.74, 6) is -0.715. The van der Waals surface area contributed by atoms with Gasteiger partial charge in [-0.05, 0) is 60.9 Å². The first-order valence-electron chi connectivity index (χ1n) is 9.39. The van der Waals surface area contributed by atoms with Gasteiger partial charge in [0, 0.05) is 21.6 Å². The third-order valence-corrected chi connectivity index (χ3v) is 7.57. The SMILES string of the molecule is CSc1ccc(-n2ccc3cc(N(CC(=O)O)S(=O)(=O)c4cc(Cl)cc(Cl)c4)ccc32)nn1. The zero-order valence-corrected chi connectivity index (χ0v) is 20.2. The number of hydrogen-bond donors (Lipinski definition) is 1. The van der Waals surface area contributed by atoms with Gasteiger partial charge in [-0.1, -0.05) is 23.2 Å². The predicted molar refractivity (Wildman–Crippen MR) is 129 cm³/mol. The summed E-state index contributed by atoms with van der Waals surface area (Å²) in [7, 11) is -4.26. The van der Waals surface area contributed by atoms with Crippen LogP contribution in [0.4, 0.5) is 5.69 Å². The second-order valence-electron chi connectivity index (χ2n) is 6.87. The molecule has 170 valence electrons. The molecule has 0 radical (unpaired) electrons. The van der Waals surface area contributed by atoms with E-state index in [1.54, 1.807) is 24.4 Å². The molecule has 33 heavy (non-hydrogen) atoms. The number of halogens is 2. The number of sulfonamides is 1. The summed E-state index contributed by atoms with van der Waals surface area (Å²) in [6, 6.07) is 14.1. The molecule has 8 nitrogen and oxygen atoms in total. The Morgan fingerprint density at radius 3 is 2.39 bits per heavy atom. The lowest BCUT2D eigenvalue weighted by molar-refractivity contribution is -0.135. The fourth-order valence-corrected chi connectivity index (χ4v) is 5.74. The van der Waals surface area contributed by atoms with E-state index >= 15 is 0 Å². The van der Waals surface area contributed by atoms with Gasteiger partial charge in [0.2, 0.25) is 0 Å². The number of fused-ring (bicyclic) bond motifs is 1. The van der Waals surface area contributed by atoms with Gasteiger partial charge in [0.1, 0.15) is 11.6 Å². The Bertz CT molecular complexity index is 1440. The summed E-state index contributed by atoms with van der Waals surface area (Å²) < 4.78 is 29.2. The molecule has 0 spiro atoms. The van der Waals surface area contributed by atoms with Crippen molar-refractivity contribution in [2.75, 3.05) is 17.1 Å². The standard InChI is InChI=1S/C21H16Cl2N4O4S2/c1-32-20-5-4-19(24-25-20)26-7-6-13-8-16(2-3-18(13)26)27(12-21(28)29)33(30,31)17-10-14(22)9-15(23)11-17/h2-11H,12H2,1H3,(H,28,29). The first kappa shape index (κ1) is 23.4. The fraction of sp³-hybridized carbons (Fsp3) is 0.0952. The minimum absolute atomic E-state index is 0.123. The highest BCUT2D eigenvalue weighted by Gasteiger charge is 2.28. The maximum atomic E-state index is 13.3. The van der Waals surface area contributed by atoms with E-state index in [1.165, 1.54) is 36.0 Å². The molecule has 2 heterocycles. The average molecular weight is 523 g/mol. The van der Waals surface area contributed by atoms with Gasteiger partial charge in [0.05, 0.1) is 16.1 Å². The molecule has 0 amide bonds. The van der Waals surface area contributed by atoms with E-state index in [0.29, 0.717) is 11.2 Å². The predicted octanol–water partition coefficient (Wildman–Crippen LogP) is 4.73. The molecule has 2 aromatic heterocycles. The van der Waals surface area contributed by atoms with Crippen LogP contribution in [0.3, 0.4) is 0 Å². The molecule has 0 saturated heterocycles. The van der Waals surface area contributed by atoms with Crippen LogP contribution in [0.5, 0.6) is 0 Å². The summed E-state index contributed by atoms with van der Waals surface area (Å²) in [4.78, 5) is 11.3. The smallest absolute Gasteiger partial charge is 0.324 e. The molecule has 0 aliphatic carbocycles. The van der Waals surface area contributed by atoms with Gasteiger partial charge in [-0.25, -0.2) is 8.42 Å². The summed E-state index contributed by atoms with van der Waals surface area (Å²) in [6.45, 7) is -0.777. The fourth-order valence-electron chi connectivity index (χ4n) is 3.28. The number of thioether (sulfide) groups is 1. The maximum Gasteiger partial charge on any atom is 0.324 e. The number of anilines is 1. The summed E-state index contributed by atoms with van der Waals surface area (Å²) in [6.07, 6.45) is 3.69. The molecule has 1 N–H and O–H groups in total. The third kappa shape index (κ3) is 4.79. The van der Waals surface area contributed by atoms with Crippen molar-refractivity contribution in [3.05, 3.63) is 70.8 Å². The Kier molecular flexibility index (Phi) is 6.53. The minimum atomic E-state index is -4.26. The van der Waals surface area contributed by atoms with Crippen molar-refractivity contribution in [2.45, 2.75) is 9.92 Å². The van der Waals surface area contributed by atoms with E-state index < -0.39 is 22.5 Å². The summed E-state index contributed by atoms with van der Waals surface area (Å²) in [5.41, 5.74) is 0.936. The maximum absolute atomic E-state index is 13.3. The van der Waals surface area contributed by atoms with Gasteiger partial charge < -0.3 is 5.11 Å². The molecule has 0 bridgehead atoms. The molecule has 2 aromatic carbocycles. The molecule has 0 atom stereocenters. The lowest BCUT2D eigenvalue weighted by Crippen LogP contribution is -2.35. The zero-order chi connectivity index (χ0) is 23.8. The number of aromatic nitrogens is 3. The number of rotatable bonds is 7. The van der Waals surface area contributed by atoms with E-state index in [9.17, 15) is 18.3 Å². The van der Waals surface area contributed by atoms with E-state index in [1.807, 2.05) is 23.0 Å². The van der Waals surface area contributed by atoms with Gasteiger partial charge in [0.25, 0.3) is 10.0 Å². The van der Waals surface area contributed by atoms with Crippen LogP contribution in [0.2, 0.25) is 10.0 Å². The summed E-state index contributed by atoms with van der Waals surface area (Å²) >= 11 is 13.4. The van der Waals surface area contributed by atoms with Crippen LogP contribution in [-0.2, 0) is 14.8 Å². The van der Waals surface area contributed by atoms with Crippen molar-refractivity contribution in [3.8, 4) is 5.82 Å². The molecule has 0 unspecified atom stereocenters. The zero-order valence-electron chi connectivity index (χ0n) is 17.0. The van der Waals surface area contributed by atoms with E-state index in [0.717, 1.165) is 14.8 Å². The van der Waals surface area contributed by atoms with Crippen LogP contribution in [0.1, 0.15) is 0 Å². The van der Waals surface area contributed by atoms with Crippen molar-refractivity contribution in [1.29, 1.82) is 0 Å². The first-order chi connectivity index (χ1) is 15.7. The van der Waals surface area contributed by atoms with Crippen molar-refractivity contribution in [3.63, 3.8) is 0 Å². The molecule has 0 fully saturated rings. The van der Waals surface area contributed by atoms with Gasteiger partial charge in [0.15, 0.2) is 5.82 Å². The number of carboxylic acids is 1. The van der Waals surface area contributed by atoms with Gasteiger partial charge in [-0.3, -0.25) is 13.7 Å². The van der Waals surface area contributed by atoms with Crippen LogP contribution in [0.15, 0.2) is 70.7 Å². The molecular weight excluding hydrogens is 507 g/mol. The largest absolute Gasteiger partial charge is 0.480 e. The number of benzene rings is 2. The molecule has 4 rings (SSSR count). The molecule has 4 aromatic rings. The number of carboxylic acid groups (broad SMARTS) is 1. The lowest BCUT2D eigenvalue weighted by atomic mass is 10.2. The first-order valence-corrected chi connectivity index (χ1v) is 12.8. The molecule has 0 saturated carbocycles. The quantitative estimate of drug-likeness (QED) is 0.349. The summed E-state index contributed by atoms with van der Waals surface area (Å²) in [5, 5.41) is 19.5. The van der Waals surface area contributed by atoms with Crippen LogP contribution in [0, 0.1) is 0 Å². The van der Waals surface area contributed by atoms with Crippen molar-refractivity contribution in [2.24, 2.45) is 0 Å². The number of aliphatic carboxylic acids is 1. The monoisotopic (exact) mass is 522 g/mol. The number of carbonyl (C=O) groups is 1. The van der Waals surface area contributed by atoms with Crippen LogP contribution < -0.4 is 4.31 Å². The normalized spacial score (nSPS) is 11.6. The van der Waals surface area contributed by atoms with E-state index in [4.69, 9.17) is 23.2 Å². The minimum Gasteiger partial charge on any atom is -0.480 e. The van der Waals surface area contributed by atoms with Gasteiger partial charge in [-0.15, -0.1) is 22.0 Å². The number of nitrogens with zero attached hydrogens (tertiary/aromatic N) is 4. The second-order valence-corrected chi connectivity index (χ2v) is 10.4. The van der Waals surface area contributed by atoms with Crippen LogP contribution in [-0.4, -0.2) is 47.1 Å². The Morgan fingerprint density at radius 1 is 1.06 bits per heavy atom. The highest BCUT2D eigenvalue weighted by Crippen LogP contribution is 2.31. The van der Waals surface area contributed by atoms with Gasteiger partial charge in [-0.2, -0.15) is 0 Å². The highest BCUT2D eigenvalue weighted by molar-refractivity contribution is 7.98. The highest BCUT2D eigenvalue weighted by atomic mass is 35.5. The molecular formula is C21H16Cl2N4O4S2. The molecule has 0 aliphatic heterocycles. The lowest BCUT2D eigenvalue weighted by Gasteiger charge is -2.23. The van der Waals surface area contributed by atoms with Crippen LogP contribution in [0.25, 0.3) is 16.7 Å². The van der Waals surface area contributed by atoms with Gasteiger partial charge >= 0.3 is 5.97 Å². The second kappa shape index (κ2) is 9.22. The molecule has 12 heteroatoms. The topological polar surface area (TPSA) is 105 Å². The number of hydrogen-bond acceptors (Lipinski definition) is 6. The van der Waals surface area contributed by atoms with E-state index in [2.05, 4.69) is 10.2 Å². The van der Waals surface area contributed by atoms with E-state index in [-0.39, 0.29) is 20.6 Å². The van der Waals surface area contributed by atoms with Crippen molar-refractivity contribution in [1.82, 2.24) is 14.8 Å². The Morgan fingerprint density at radius 2 is 1.79 bits per heavy atom. The van der Waals surface area contributed by atoms with Crippen molar-refractivity contribution < 1.29 is 18.3 Å².